The van der Waals surface area contributed by atoms with Crippen molar-refractivity contribution in [2.75, 3.05) is 19.6 Å². The Morgan fingerprint density at radius 3 is 2.27 bits per heavy atom. The lowest BCUT2D eigenvalue weighted by Gasteiger charge is -2.22. The molecular weight excluding hydrogens is 268 g/mol. The van der Waals surface area contributed by atoms with E-state index in [1.54, 1.807) is 0 Å². The van der Waals surface area contributed by atoms with Crippen molar-refractivity contribution >= 4 is 10.9 Å². The Labute approximate surface area is 133 Å². The summed E-state index contributed by atoms with van der Waals surface area (Å²) in [4.78, 5) is 6.15. The van der Waals surface area contributed by atoms with E-state index < -0.39 is 0 Å². The third-order valence-corrected chi connectivity index (χ3v) is 5.47. The van der Waals surface area contributed by atoms with Crippen molar-refractivity contribution in [3.8, 4) is 0 Å². The minimum absolute atomic E-state index is 1.05. The summed E-state index contributed by atoms with van der Waals surface area (Å²) < 4.78 is 0. The number of rotatable bonds is 9. The molecule has 2 aliphatic carbocycles. The number of para-hydroxylation sites is 1. The molecule has 1 aromatic carbocycles. The number of fused-ring (bicyclic) bond motifs is 1. The molecule has 0 unspecified atom stereocenters. The summed E-state index contributed by atoms with van der Waals surface area (Å²) in [5.74, 6) is 2.10. The van der Waals surface area contributed by atoms with Crippen LogP contribution in [0.15, 0.2) is 30.5 Å². The van der Waals surface area contributed by atoms with Crippen LogP contribution in [0.5, 0.6) is 0 Å². The summed E-state index contributed by atoms with van der Waals surface area (Å²) in [6.45, 7) is 3.86. The first kappa shape index (κ1) is 14.3. The Balaban J connectivity index is 1.34. The van der Waals surface area contributed by atoms with Crippen LogP contribution in [-0.4, -0.2) is 29.5 Å². The van der Waals surface area contributed by atoms with Crippen LogP contribution < -0.4 is 0 Å². The average molecular weight is 296 g/mol. The Morgan fingerprint density at radius 1 is 0.909 bits per heavy atom. The molecule has 2 aliphatic rings. The Morgan fingerprint density at radius 2 is 1.59 bits per heavy atom. The number of hydrogen-bond donors (Lipinski definition) is 1. The fraction of sp³-hybridized carbons (Fsp3) is 0.600. The van der Waals surface area contributed by atoms with E-state index in [-0.39, 0.29) is 0 Å². The molecular formula is C20H28N2. The number of benzene rings is 1. The van der Waals surface area contributed by atoms with E-state index in [2.05, 4.69) is 40.3 Å². The minimum atomic E-state index is 1.05. The molecule has 118 valence electrons. The standard InChI is InChI=1S/C20H28N2/c1-2-4-20-19(3-1)18(15-21-20)11-14-22(12-9-16-5-6-16)13-10-17-7-8-17/h1-4,15-17,21H,5-14H2. The fourth-order valence-electron chi connectivity index (χ4n) is 3.50. The van der Waals surface area contributed by atoms with E-state index >= 15 is 0 Å². The van der Waals surface area contributed by atoms with Crippen LogP contribution in [0.3, 0.4) is 0 Å². The van der Waals surface area contributed by atoms with Crippen molar-refractivity contribution in [1.29, 1.82) is 0 Å². The molecule has 2 nitrogen and oxygen atoms in total. The largest absolute Gasteiger partial charge is 0.361 e. The van der Waals surface area contributed by atoms with Gasteiger partial charge in [-0.2, -0.15) is 0 Å². The molecule has 0 atom stereocenters. The Kier molecular flexibility index (Phi) is 4.20. The van der Waals surface area contributed by atoms with E-state index in [1.807, 2.05) is 0 Å². The highest BCUT2D eigenvalue weighted by Gasteiger charge is 2.24. The summed E-state index contributed by atoms with van der Waals surface area (Å²) in [7, 11) is 0. The lowest BCUT2D eigenvalue weighted by Crippen LogP contribution is -2.29. The fourth-order valence-corrected chi connectivity index (χ4v) is 3.50. The Bertz CT molecular complexity index is 591. The van der Waals surface area contributed by atoms with Crippen LogP contribution in [0, 0.1) is 11.8 Å². The van der Waals surface area contributed by atoms with Gasteiger partial charge in [-0.15, -0.1) is 0 Å². The highest BCUT2D eigenvalue weighted by Crippen LogP contribution is 2.34. The van der Waals surface area contributed by atoms with Crippen LogP contribution >= 0.6 is 0 Å². The summed E-state index contributed by atoms with van der Waals surface area (Å²) in [5, 5.41) is 1.41. The topological polar surface area (TPSA) is 19.0 Å². The second-order valence-corrected chi connectivity index (χ2v) is 7.42. The second kappa shape index (κ2) is 6.45. The first-order valence-electron chi connectivity index (χ1n) is 9.16. The molecule has 2 heteroatoms. The van der Waals surface area contributed by atoms with Crippen molar-refractivity contribution in [3.05, 3.63) is 36.0 Å². The lowest BCUT2D eigenvalue weighted by molar-refractivity contribution is 0.260. The summed E-state index contributed by atoms with van der Waals surface area (Å²) in [5.41, 5.74) is 2.76. The first-order chi connectivity index (χ1) is 10.9. The van der Waals surface area contributed by atoms with Crippen molar-refractivity contribution < 1.29 is 0 Å². The molecule has 1 heterocycles. The molecule has 2 fully saturated rings. The number of nitrogens with zero attached hydrogens (tertiary/aromatic N) is 1. The summed E-state index contributed by atoms with van der Waals surface area (Å²) in [6.07, 6.45) is 12.2. The van der Waals surface area contributed by atoms with Gasteiger partial charge in [0.1, 0.15) is 0 Å². The number of nitrogens with one attached hydrogen (secondary N) is 1. The maximum Gasteiger partial charge on any atom is 0.0456 e. The third-order valence-electron chi connectivity index (χ3n) is 5.47. The normalized spacial score (nSPS) is 18.4. The zero-order valence-electron chi connectivity index (χ0n) is 13.6. The van der Waals surface area contributed by atoms with Gasteiger partial charge in [-0.1, -0.05) is 43.9 Å². The van der Waals surface area contributed by atoms with Crippen LogP contribution in [0.2, 0.25) is 0 Å². The van der Waals surface area contributed by atoms with Gasteiger partial charge in [0.05, 0.1) is 0 Å². The van der Waals surface area contributed by atoms with Gasteiger partial charge in [0.15, 0.2) is 0 Å². The summed E-state index contributed by atoms with van der Waals surface area (Å²) >= 11 is 0. The molecule has 2 aromatic rings. The number of hydrogen-bond acceptors (Lipinski definition) is 1. The molecule has 2 saturated carbocycles. The smallest absolute Gasteiger partial charge is 0.0456 e. The molecule has 0 saturated heterocycles. The number of H-pyrrole nitrogens is 1. The van der Waals surface area contributed by atoms with Crippen molar-refractivity contribution in [3.63, 3.8) is 0 Å². The lowest BCUT2D eigenvalue weighted by atomic mass is 10.1. The number of aromatic amines is 1. The van der Waals surface area contributed by atoms with Crippen molar-refractivity contribution in [1.82, 2.24) is 9.88 Å². The molecule has 0 bridgehead atoms. The van der Waals surface area contributed by atoms with E-state index in [1.165, 1.54) is 81.0 Å². The molecule has 1 N–H and O–H groups in total. The Hall–Kier alpha value is -1.28. The van der Waals surface area contributed by atoms with Crippen LogP contribution in [0.4, 0.5) is 0 Å². The quantitative estimate of drug-likeness (QED) is 0.716. The van der Waals surface area contributed by atoms with Crippen molar-refractivity contribution in [2.45, 2.75) is 44.9 Å². The van der Waals surface area contributed by atoms with Gasteiger partial charge < -0.3 is 9.88 Å². The molecule has 0 amide bonds. The van der Waals surface area contributed by atoms with Gasteiger partial charge in [-0.25, -0.2) is 0 Å². The van der Waals surface area contributed by atoms with E-state index in [0.29, 0.717) is 0 Å². The average Bonchev–Trinajstić information content (AvgIpc) is 3.46. The monoisotopic (exact) mass is 296 g/mol. The maximum absolute atomic E-state index is 3.41. The molecule has 0 aliphatic heterocycles. The molecule has 22 heavy (non-hydrogen) atoms. The van der Waals surface area contributed by atoms with Gasteiger partial charge in [0.2, 0.25) is 0 Å². The molecule has 0 spiro atoms. The SMILES string of the molecule is c1ccc2c(CCN(CCC3CC3)CCC3CC3)c[nH]c2c1. The van der Waals surface area contributed by atoms with Gasteiger partial charge in [-0.3, -0.25) is 0 Å². The molecule has 0 radical (unpaired) electrons. The summed E-state index contributed by atoms with van der Waals surface area (Å²) in [6, 6.07) is 8.69. The van der Waals surface area contributed by atoms with E-state index in [4.69, 9.17) is 0 Å². The molecule has 1 aromatic heterocycles. The van der Waals surface area contributed by atoms with Gasteiger partial charge in [-0.05, 0) is 55.8 Å². The van der Waals surface area contributed by atoms with Crippen LogP contribution in [-0.2, 0) is 6.42 Å². The zero-order valence-corrected chi connectivity index (χ0v) is 13.6. The third kappa shape index (κ3) is 3.73. The van der Waals surface area contributed by atoms with E-state index in [0.717, 1.165) is 11.8 Å². The predicted octanol–water partition coefficient (Wildman–Crippen LogP) is 4.61. The van der Waals surface area contributed by atoms with Crippen LogP contribution in [0.25, 0.3) is 10.9 Å². The maximum atomic E-state index is 3.41. The second-order valence-electron chi connectivity index (χ2n) is 7.42. The van der Waals surface area contributed by atoms with Gasteiger partial charge in [0, 0.05) is 23.6 Å². The van der Waals surface area contributed by atoms with Crippen LogP contribution in [0.1, 0.15) is 44.1 Å². The van der Waals surface area contributed by atoms with Gasteiger partial charge >= 0.3 is 0 Å². The highest BCUT2D eigenvalue weighted by atomic mass is 15.1. The zero-order chi connectivity index (χ0) is 14.8. The minimum Gasteiger partial charge on any atom is -0.361 e. The van der Waals surface area contributed by atoms with Crippen molar-refractivity contribution in [2.24, 2.45) is 11.8 Å². The number of aromatic nitrogens is 1. The first-order valence-corrected chi connectivity index (χ1v) is 9.16. The van der Waals surface area contributed by atoms with Gasteiger partial charge in [0.25, 0.3) is 0 Å². The van der Waals surface area contributed by atoms with E-state index in [9.17, 15) is 0 Å². The molecule has 4 rings (SSSR count). The predicted molar refractivity (Wildman–Crippen MR) is 93.1 cm³/mol. The highest BCUT2D eigenvalue weighted by molar-refractivity contribution is 5.83.